The number of nitrogens with zero attached hydrogens (tertiary/aromatic N) is 6. The van der Waals surface area contributed by atoms with E-state index in [9.17, 15) is 9.50 Å². The van der Waals surface area contributed by atoms with Crippen LogP contribution < -0.4 is 0 Å². The van der Waals surface area contributed by atoms with Crippen molar-refractivity contribution >= 4 is 22.1 Å². The molecule has 0 aliphatic heterocycles. The summed E-state index contributed by atoms with van der Waals surface area (Å²) in [7, 11) is 0. The van der Waals surface area contributed by atoms with E-state index < -0.39 is 5.82 Å². The number of imidazole rings is 1. The Bertz CT molecular complexity index is 1590. The molecule has 0 fully saturated rings. The molecule has 5 heterocycles. The van der Waals surface area contributed by atoms with Crippen LogP contribution in [0.15, 0.2) is 61.3 Å². The van der Waals surface area contributed by atoms with Gasteiger partial charge in [-0.15, -0.1) is 0 Å². The molecule has 0 saturated carbocycles. The highest BCUT2D eigenvalue weighted by Gasteiger charge is 2.17. The molecule has 1 aromatic carbocycles. The molecule has 32 heavy (non-hydrogen) atoms. The standard InChI is InChI=1S/C22H13FN8O/c23-12-5-11(6-13(32)7-12)14-8-25-10-18-19(14)29-22(28-18)21-20-16(30-31-21)2-1-15(27-20)17-9-24-3-4-26-17/h1-10,32H,(H,28,29)(H,30,31). The molecule has 6 rings (SSSR count). The first-order valence-electron chi connectivity index (χ1n) is 9.61. The van der Waals surface area contributed by atoms with Crippen LogP contribution in [0.25, 0.3) is 56.1 Å². The summed E-state index contributed by atoms with van der Waals surface area (Å²) in [5.74, 6) is -0.247. The first-order valence-corrected chi connectivity index (χ1v) is 9.61. The number of aromatic hydroxyl groups is 1. The highest BCUT2D eigenvalue weighted by atomic mass is 19.1. The van der Waals surface area contributed by atoms with Crippen LogP contribution in [-0.2, 0) is 0 Å². The van der Waals surface area contributed by atoms with Gasteiger partial charge in [-0.2, -0.15) is 5.10 Å². The lowest BCUT2D eigenvalue weighted by Gasteiger charge is -2.03. The molecule has 0 atom stereocenters. The summed E-state index contributed by atoms with van der Waals surface area (Å²) in [6.45, 7) is 0. The monoisotopic (exact) mass is 424 g/mol. The Morgan fingerprint density at radius 3 is 2.62 bits per heavy atom. The number of phenols is 1. The minimum Gasteiger partial charge on any atom is -0.508 e. The van der Waals surface area contributed by atoms with Gasteiger partial charge in [0.2, 0.25) is 0 Å². The quantitative estimate of drug-likeness (QED) is 0.393. The summed E-state index contributed by atoms with van der Waals surface area (Å²) in [5.41, 5.74) is 5.43. The zero-order chi connectivity index (χ0) is 21.7. The van der Waals surface area contributed by atoms with Crippen molar-refractivity contribution in [3.05, 3.63) is 67.1 Å². The van der Waals surface area contributed by atoms with Crippen LogP contribution in [0.1, 0.15) is 0 Å². The van der Waals surface area contributed by atoms with Gasteiger partial charge in [0.05, 0.1) is 34.6 Å². The van der Waals surface area contributed by atoms with E-state index in [2.05, 4.69) is 30.1 Å². The van der Waals surface area contributed by atoms with Crippen LogP contribution in [0.2, 0.25) is 0 Å². The topological polar surface area (TPSA) is 129 Å². The molecule has 6 aromatic rings. The van der Waals surface area contributed by atoms with E-state index in [-0.39, 0.29) is 5.75 Å². The second kappa shape index (κ2) is 6.91. The van der Waals surface area contributed by atoms with Crippen molar-refractivity contribution in [3.63, 3.8) is 0 Å². The summed E-state index contributed by atoms with van der Waals surface area (Å²) >= 11 is 0. The fraction of sp³-hybridized carbons (Fsp3) is 0. The lowest BCUT2D eigenvalue weighted by molar-refractivity contribution is 0.469. The van der Waals surface area contributed by atoms with Gasteiger partial charge < -0.3 is 10.1 Å². The van der Waals surface area contributed by atoms with Crippen molar-refractivity contribution in [2.24, 2.45) is 0 Å². The van der Waals surface area contributed by atoms with Crippen LogP contribution in [0.4, 0.5) is 4.39 Å². The molecule has 5 aromatic heterocycles. The SMILES string of the molecule is Oc1cc(F)cc(-c2cncc3[nH]c(-c4n[nH]c5ccc(-c6cnccn6)nc45)nc23)c1. The van der Waals surface area contributed by atoms with E-state index in [1.807, 2.05) is 12.1 Å². The second-order valence-electron chi connectivity index (χ2n) is 7.12. The third kappa shape index (κ3) is 2.93. The zero-order valence-electron chi connectivity index (χ0n) is 16.3. The highest BCUT2D eigenvalue weighted by Crippen LogP contribution is 2.32. The largest absolute Gasteiger partial charge is 0.508 e. The summed E-state index contributed by atoms with van der Waals surface area (Å²) in [6, 6.07) is 7.54. The first-order chi connectivity index (χ1) is 15.7. The Hall–Kier alpha value is -4.73. The van der Waals surface area contributed by atoms with Gasteiger partial charge in [0, 0.05) is 30.2 Å². The number of hydrogen-bond donors (Lipinski definition) is 3. The van der Waals surface area contributed by atoms with Crippen molar-refractivity contribution in [2.75, 3.05) is 0 Å². The van der Waals surface area contributed by atoms with Gasteiger partial charge in [-0.1, -0.05) is 0 Å². The van der Waals surface area contributed by atoms with Gasteiger partial charge in [0.15, 0.2) is 11.5 Å². The molecule has 0 aliphatic carbocycles. The predicted molar refractivity (Wildman–Crippen MR) is 115 cm³/mol. The van der Waals surface area contributed by atoms with Crippen molar-refractivity contribution in [1.29, 1.82) is 0 Å². The minimum absolute atomic E-state index is 0.174. The number of fused-ring (bicyclic) bond motifs is 2. The maximum absolute atomic E-state index is 13.9. The third-order valence-electron chi connectivity index (χ3n) is 5.05. The van der Waals surface area contributed by atoms with Crippen molar-refractivity contribution in [3.8, 4) is 39.8 Å². The number of aromatic nitrogens is 8. The molecule has 0 saturated heterocycles. The third-order valence-corrected chi connectivity index (χ3v) is 5.05. The van der Waals surface area contributed by atoms with Crippen LogP contribution in [0.3, 0.4) is 0 Å². The zero-order valence-corrected chi connectivity index (χ0v) is 16.3. The predicted octanol–water partition coefficient (Wildman–Crippen LogP) is 3.86. The maximum Gasteiger partial charge on any atom is 0.161 e. The number of hydrogen-bond acceptors (Lipinski definition) is 7. The molecule has 9 nitrogen and oxygen atoms in total. The molecule has 3 N–H and O–H groups in total. The number of nitrogens with one attached hydrogen (secondary N) is 2. The van der Waals surface area contributed by atoms with Gasteiger partial charge in [-0.25, -0.2) is 14.4 Å². The van der Waals surface area contributed by atoms with Crippen molar-refractivity contribution < 1.29 is 9.50 Å². The van der Waals surface area contributed by atoms with Gasteiger partial charge in [-0.05, 0) is 29.8 Å². The molecular formula is C22H13FN8O. The minimum atomic E-state index is -0.549. The van der Waals surface area contributed by atoms with Crippen LogP contribution in [0, 0.1) is 5.82 Å². The Morgan fingerprint density at radius 2 is 1.78 bits per heavy atom. The van der Waals surface area contributed by atoms with E-state index in [0.717, 1.165) is 11.6 Å². The molecule has 0 aliphatic rings. The van der Waals surface area contributed by atoms with E-state index >= 15 is 0 Å². The second-order valence-corrected chi connectivity index (χ2v) is 7.12. The number of phenolic OH excluding ortho intramolecular Hbond substituents is 1. The normalized spacial score (nSPS) is 11.4. The smallest absolute Gasteiger partial charge is 0.161 e. The fourth-order valence-corrected chi connectivity index (χ4v) is 3.62. The summed E-state index contributed by atoms with van der Waals surface area (Å²) in [6.07, 6.45) is 8.05. The Morgan fingerprint density at radius 1 is 0.844 bits per heavy atom. The van der Waals surface area contributed by atoms with Crippen molar-refractivity contribution in [2.45, 2.75) is 0 Å². The van der Waals surface area contributed by atoms with Gasteiger partial charge >= 0.3 is 0 Å². The number of aromatic amines is 2. The van der Waals surface area contributed by atoms with Gasteiger partial charge in [-0.3, -0.25) is 20.1 Å². The number of pyridine rings is 2. The first kappa shape index (κ1) is 18.1. The molecule has 154 valence electrons. The molecule has 0 bridgehead atoms. The summed E-state index contributed by atoms with van der Waals surface area (Å²) in [5, 5.41) is 17.2. The van der Waals surface area contributed by atoms with E-state index in [1.165, 1.54) is 12.1 Å². The van der Waals surface area contributed by atoms with E-state index in [4.69, 9.17) is 9.97 Å². The van der Waals surface area contributed by atoms with Crippen LogP contribution in [-0.4, -0.2) is 45.2 Å². The van der Waals surface area contributed by atoms with Crippen LogP contribution in [0.5, 0.6) is 5.75 Å². The average Bonchev–Trinajstić information content (AvgIpc) is 3.42. The molecule has 0 unspecified atom stereocenters. The maximum atomic E-state index is 13.9. The Labute approximate surface area is 179 Å². The average molecular weight is 424 g/mol. The molecule has 0 spiro atoms. The van der Waals surface area contributed by atoms with Crippen LogP contribution >= 0.6 is 0 Å². The van der Waals surface area contributed by atoms with Crippen molar-refractivity contribution in [1.82, 2.24) is 40.1 Å². The molecule has 0 radical (unpaired) electrons. The lowest BCUT2D eigenvalue weighted by atomic mass is 10.1. The number of H-pyrrole nitrogens is 2. The Kier molecular flexibility index (Phi) is 3.90. The molecule has 10 heteroatoms. The lowest BCUT2D eigenvalue weighted by Crippen LogP contribution is -1.89. The molecule has 0 amide bonds. The summed E-state index contributed by atoms with van der Waals surface area (Å²) in [4.78, 5) is 25.2. The summed E-state index contributed by atoms with van der Waals surface area (Å²) < 4.78 is 13.9. The van der Waals surface area contributed by atoms with Gasteiger partial charge in [0.1, 0.15) is 22.8 Å². The molecular weight excluding hydrogens is 411 g/mol. The number of benzene rings is 1. The van der Waals surface area contributed by atoms with E-state index in [1.54, 1.807) is 31.0 Å². The highest BCUT2D eigenvalue weighted by molar-refractivity contribution is 5.95. The number of halogens is 1. The Balaban J connectivity index is 1.52. The van der Waals surface area contributed by atoms with E-state index in [0.29, 0.717) is 50.6 Å². The fourth-order valence-electron chi connectivity index (χ4n) is 3.62. The van der Waals surface area contributed by atoms with Gasteiger partial charge in [0.25, 0.3) is 0 Å². The number of rotatable bonds is 3.